The van der Waals surface area contributed by atoms with E-state index in [4.69, 9.17) is 0 Å². The lowest BCUT2D eigenvalue weighted by molar-refractivity contribution is 0.102. The molecule has 0 aliphatic heterocycles. The molecule has 0 bridgehead atoms. The summed E-state index contributed by atoms with van der Waals surface area (Å²) in [5.74, 6) is -1.02. The summed E-state index contributed by atoms with van der Waals surface area (Å²) < 4.78 is 14.1. The summed E-state index contributed by atoms with van der Waals surface area (Å²) in [5, 5.41) is 6.83. The minimum atomic E-state index is -0.535. The minimum Gasteiger partial charge on any atom is -0.298 e. The highest BCUT2D eigenvalue weighted by Gasteiger charge is 2.14. The fourth-order valence-corrected chi connectivity index (χ4v) is 3.28. The van der Waals surface area contributed by atoms with Gasteiger partial charge in [0.25, 0.3) is 5.91 Å². The van der Waals surface area contributed by atoms with Gasteiger partial charge in [0.15, 0.2) is 5.13 Å². The summed E-state index contributed by atoms with van der Waals surface area (Å²) in [5.41, 5.74) is 1.61. The Balaban J connectivity index is 1.84. The number of thiazole rings is 1. The number of aryl methyl sites for hydroxylation is 1. The maximum atomic E-state index is 14.1. The van der Waals surface area contributed by atoms with Crippen molar-refractivity contribution in [2.24, 2.45) is 0 Å². The van der Waals surface area contributed by atoms with Crippen molar-refractivity contribution in [3.05, 3.63) is 58.2 Å². The number of amides is 1. The molecule has 1 N–H and O–H groups in total. The molecule has 0 saturated carbocycles. The lowest BCUT2D eigenvalue weighted by Gasteiger charge is -2.05. The van der Waals surface area contributed by atoms with Crippen molar-refractivity contribution in [2.45, 2.75) is 6.92 Å². The van der Waals surface area contributed by atoms with E-state index in [2.05, 4.69) is 10.3 Å². The van der Waals surface area contributed by atoms with Gasteiger partial charge >= 0.3 is 0 Å². The summed E-state index contributed by atoms with van der Waals surface area (Å²) >= 11 is 2.84. The normalized spacial score (nSPS) is 10.6. The molecule has 2 aromatic heterocycles. The van der Waals surface area contributed by atoms with E-state index >= 15 is 0 Å². The Morgan fingerprint density at radius 2 is 2.14 bits per heavy atom. The van der Waals surface area contributed by atoms with E-state index in [9.17, 15) is 9.18 Å². The maximum absolute atomic E-state index is 14.1. The average molecular weight is 318 g/mol. The maximum Gasteiger partial charge on any atom is 0.260 e. The molecule has 0 radical (unpaired) electrons. The Morgan fingerprint density at radius 3 is 2.76 bits per heavy atom. The Hall–Kier alpha value is -2.05. The van der Waals surface area contributed by atoms with Gasteiger partial charge in [-0.2, -0.15) is 0 Å². The fraction of sp³-hybridized carbons (Fsp3) is 0.0667. The molecule has 0 atom stereocenters. The number of carbonyl (C=O) groups excluding carboxylic acids is 1. The summed E-state index contributed by atoms with van der Waals surface area (Å²) in [6, 6.07) is 8.45. The highest BCUT2D eigenvalue weighted by atomic mass is 32.1. The van der Waals surface area contributed by atoms with Gasteiger partial charge in [0.05, 0.1) is 11.3 Å². The largest absolute Gasteiger partial charge is 0.298 e. The van der Waals surface area contributed by atoms with Crippen LogP contribution in [-0.2, 0) is 0 Å². The molecule has 0 aliphatic carbocycles. The van der Waals surface area contributed by atoms with Gasteiger partial charge in [-0.25, -0.2) is 9.37 Å². The second-order valence-electron chi connectivity index (χ2n) is 4.42. The van der Waals surface area contributed by atoms with Crippen LogP contribution in [0.3, 0.4) is 0 Å². The molecule has 1 amide bonds. The van der Waals surface area contributed by atoms with Gasteiger partial charge < -0.3 is 0 Å². The first kappa shape index (κ1) is 13.9. The third-order valence-corrected chi connectivity index (χ3v) is 4.65. The first-order valence-corrected chi connectivity index (χ1v) is 7.96. The zero-order valence-corrected chi connectivity index (χ0v) is 12.7. The molecule has 1 aromatic carbocycles. The number of rotatable bonds is 3. The molecular weight excluding hydrogens is 307 g/mol. The summed E-state index contributed by atoms with van der Waals surface area (Å²) in [6.45, 7) is 1.84. The molecule has 0 unspecified atom stereocenters. The van der Waals surface area contributed by atoms with Crippen molar-refractivity contribution in [1.29, 1.82) is 0 Å². The van der Waals surface area contributed by atoms with Crippen molar-refractivity contribution in [3.8, 4) is 10.4 Å². The van der Waals surface area contributed by atoms with Crippen LogP contribution in [0.5, 0.6) is 0 Å². The number of hydrogen-bond acceptors (Lipinski definition) is 4. The van der Waals surface area contributed by atoms with Gasteiger partial charge in [-0.05, 0) is 36.1 Å². The third kappa shape index (κ3) is 3.01. The Bertz CT molecular complexity index is 781. The van der Waals surface area contributed by atoms with Gasteiger partial charge in [0.2, 0.25) is 0 Å². The number of thiophene rings is 1. The molecule has 6 heteroatoms. The van der Waals surface area contributed by atoms with Crippen molar-refractivity contribution < 1.29 is 9.18 Å². The van der Waals surface area contributed by atoms with E-state index in [0.29, 0.717) is 5.13 Å². The van der Waals surface area contributed by atoms with Crippen LogP contribution in [0.15, 0.2) is 41.1 Å². The van der Waals surface area contributed by atoms with Gasteiger partial charge in [-0.3, -0.25) is 10.1 Å². The number of nitrogens with zero attached hydrogens (tertiary/aromatic N) is 1. The topological polar surface area (TPSA) is 42.0 Å². The van der Waals surface area contributed by atoms with Gasteiger partial charge in [-0.15, -0.1) is 22.7 Å². The molecule has 0 fully saturated rings. The molecule has 3 aromatic rings. The van der Waals surface area contributed by atoms with E-state index in [0.717, 1.165) is 16.1 Å². The summed E-state index contributed by atoms with van der Waals surface area (Å²) in [7, 11) is 0. The minimum absolute atomic E-state index is 0.0168. The predicted octanol–water partition coefficient (Wildman–Crippen LogP) is 4.57. The van der Waals surface area contributed by atoms with E-state index in [1.165, 1.54) is 34.8 Å². The lowest BCUT2D eigenvalue weighted by atomic mass is 10.1. The van der Waals surface area contributed by atoms with E-state index in [1.807, 2.05) is 29.8 Å². The molecule has 106 valence electrons. The molecule has 0 saturated heterocycles. The van der Waals surface area contributed by atoms with Crippen LogP contribution in [0, 0.1) is 12.7 Å². The van der Waals surface area contributed by atoms with Gasteiger partial charge in [-0.1, -0.05) is 12.1 Å². The van der Waals surface area contributed by atoms with Crippen LogP contribution >= 0.6 is 22.7 Å². The van der Waals surface area contributed by atoms with Crippen LogP contribution in [0.2, 0.25) is 0 Å². The highest BCUT2D eigenvalue weighted by molar-refractivity contribution is 7.14. The highest BCUT2D eigenvalue weighted by Crippen LogP contribution is 2.26. The summed E-state index contributed by atoms with van der Waals surface area (Å²) in [6.07, 6.45) is 0. The first-order chi connectivity index (χ1) is 10.1. The van der Waals surface area contributed by atoms with Crippen LogP contribution < -0.4 is 5.32 Å². The summed E-state index contributed by atoms with van der Waals surface area (Å²) in [4.78, 5) is 17.2. The zero-order valence-electron chi connectivity index (χ0n) is 11.1. The van der Waals surface area contributed by atoms with Crippen LogP contribution in [0.25, 0.3) is 10.4 Å². The quantitative estimate of drug-likeness (QED) is 0.768. The standard InChI is InChI=1S/C15H11FN2OS2/c1-9-8-21-15(17-9)18-14(19)11-5-4-10(7-12(11)16)13-3-2-6-20-13/h2-8H,1H3,(H,17,18,19). The second-order valence-corrected chi connectivity index (χ2v) is 6.23. The van der Waals surface area contributed by atoms with Gasteiger partial charge in [0.1, 0.15) is 5.82 Å². The first-order valence-electron chi connectivity index (χ1n) is 6.20. The predicted molar refractivity (Wildman–Crippen MR) is 84.5 cm³/mol. The average Bonchev–Trinajstić information content (AvgIpc) is 3.10. The Labute approximate surface area is 129 Å². The van der Waals surface area contributed by atoms with Crippen LogP contribution in [0.1, 0.15) is 16.1 Å². The van der Waals surface area contributed by atoms with Crippen molar-refractivity contribution in [1.82, 2.24) is 4.98 Å². The number of aromatic nitrogens is 1. The number of benzene rings is 1. The molecule has 0 spiro atoms. The van der Waals surface area contributed by atoms with E-state index in [-0.39, 0.29) is 5.56 Å². The van der Waals surface area contributed by atoms with Crippen molar-refractivity contribution >= 4 is 33.7 Å². The monoisotopic (exact) mass is 318 g/mol. The fourth-order valence-electron chi connectivity index (χ4n) is 1.87. The Morgan fingerprint density at radius 1 is 1.29 bits per heavy atom. The molecule has 2 heterocycles. The number of nitrogens with one attached hydrogen (secondary N) is 1. The number of anilines is 1. The smallest absolute Gasteiger partial charge is 0.260 e. The molecule has 3 rings (SSSR count). The lowest BCUT2D eigenvalue weighted by Crippen LogP contribution is -2.13. The van der Waals surface area contributed by atoms with E-state index in [1.54, 1.807) is 6.07 Å². The van der Waals surface area contributed by atoms with Crippen LogP contribution in [-0.4, -0.2) is 10.9 Å². The molecule has 3 nitrogen and oxygen atoms in total. The molecule has 0 aliphatic rings. The molecule has 21 heavy (non-hydrogen) atoms. The van der Waals surface area contributed by atoms with E-state index < -0.39 is 11.7 Å². The zero-order chi connectivity index (χ0) is 14.8. The van der Waals surface area contributed by atoms with Gasteiger partial charge in [0, 0.05) is 10.3 Å². The second kappa shape index (κ2) is 5.75. The number of hydrogen-bond donors (Lipinski definition) is 1. The van der Waals surface area contributed by atoms with Crippen LogP contribution in [0.4, 0.5) is 9.52 Å². The number of halogens is 1. The Kier molecular flexibility index (Phi) is 3.81. The van der Waals surface area contributed by atoms with Crippen molar-refractivity contribution in [2.75, 3.05) is 5.32 Å². The third-order valence-electron chi connectivity index (χ3n) is 2.86. The van der Waals surface area contributed by atoms with Crippen molar-refractivity contribution in [3.63, 3.8) is 0 Å². The SMILES string of the molecule is Cc1csc(NC(=O)c2ccc(-c3cccs3)cc2F)n1. The molecular formula is C15H11FN2OS2. The number of carbonyl (C=O) groups is 1.